The molecule has 0 radical (unpaired) electrons. The molecule has 0 heterocycles. The van der Waals surface area contributed by atoms with Crippen LogP contribution < -0.4 is 5.32 Å². The standard InChI is InChI=1S/C11H25NO/c1-4-6-7-10(3)11(5-2)12-8-9-13/h10-13H,4-9H2,1-3H3. The average Bonchev–Trinajstić information content (AvgIpc) is 2.16. The molecule has 2 heteroatoms. The molecule has 2 N–H and O–H groups in total. The van der Waals surface area contributed by atoms with Gasteiger partial charge in [0.2, 0.25) is 0 Å². The van der Waals surface area contributed by atoms with Crippen LogP contribution in [0.5, 0.6) is 0 Å². The molecular weight excluding hydrogens is 162 g/mol. The summed E-state index contributed by atoms with van der Waals surface area (Å²) in [6, 6.07) is 0.582. The largest absolute Gasteiger partial charge is 0.395 e. The average molecular weight is 187 g/mol. The first-order valence-electron chi connectivity index (χ1n) is 5.60. The van der Waals surface area contributed by atoms with Gasteiger partial charge in [-0.3, -0.25) is 0 Å². The smallest absolute Gasteiger partial charge is 0.0556 e. The lowest BCUT2D eigenvalue weighted by Gasteiger charge is -2.23. The molecule has 2 atom stereocenters. The second-order valence-corrected chi connectivity index (χ2v) is 3.81. The lowest BCUT2D eigenvalue weighted by atomic mass is 9.94. The molecule has 0 aliphatic heterocycles. The molecule has 0 rings (SSSR count). The Morgan fingerprint density at radius 1 is 1.31 bits per heavy atom. The minimum absolute atomic E-state index is 0.247. The molecule has 0 aromatic heterocycles. The van der Waals surface area contributed by atoms with Gasteiger partial charge in [0.1, 0.15) is 0 Å². The topological polar surface area (TPSA) is 32.3 Å². The van der Waals surface area contributed by atoms with Gasteiger partial charge in [0.15, 0.2) is 0 Å². The molecule has 0 fully saturated rings. The van der Waals surface area contributed by atoms with Gasteiger partial charge in [-0.1, -0.05) is 33.6 Å². The summed E-state index contributed by atoms with van der Waals surface area (Å²) in [7, 11) is 0. The zero-order chi connectivity index (χ0) is 10.1. The van der Waals surface area contributed by atoms with Gasteiger partial charge in [-0.2, -0.15) is 0 Å². The highest BCUT2D eigenvalue weighted by Gasteiger charge is 2.13. The Kier molecular flexibility index (Phi) is 8.46. The van der Waals surface area contributed by atoms with Crippen LogP contribution in [0, 0.1) is 5.92 Å². The molecule has 2 unspecified atom stereocenters. The van der Waals surface area contributed by atoms with Crippen molar-refractivity contribution >= 4 is 0 Å². The van der Waals surface area contributed by atoms with E-state index in [9.17, 15) is 0 Å². The van der Waals surface area contributed by atoms with Crippen molar-refractivity contribution < 1.29 is 5.11 Å². The summed E-state index contributed by atoms with van der Waals surface area (Å²) in [5.41, 5.74) is 0. The van der Waals surface area contributed by atoms with Gasteiger partial charge in [0.25, 0.3) is 0 Å². The molecule has 13 heavy (non-hydrogen) atoms. The first-order valence-corrected chi connectivity index (χ1v) is 5.60. The lowest BCUT2D eigenvalue weighted by Crippen LogP contribution is -2.36. The van der Waals surface area contributed by atoms with Crippen LogP contribution >= 0.6 is 0 Å². The van der Waals surface area contributed by atoms with Crippen LogP contribution in [-0.4, -0.2) is 24.3 Å². The Bertz CT molecular complexity index is 106. The molecule has 0 aromatic rings. The fraction of sp³-hybridized carbons (Fsp3) is 1.00. The maximum atomic E-state index is 8.71. The number of nitrogens with one attached hydrogen (secondary N) is 1. The van der Waals surface area contributed by atoms with Crippen molar-refractivity contribution in [3.63, 3.8) is 0 Å². The van der Waals surface area contributed by atoms with Crippen LogP contribution in [-0.2, 0) is 0 Å². The Hall–Kier alpha value is -0.0800. The molecule has 2 nitrogen and oxygen atoms in total. The van der Waals surface area contributed by atoms with E-state index in [-0.39, 0.29) is 6.61 Å². The summed E-state index contributed by atoms with van der Waals surface area (Å²) in [5.74, 6) is 0.733. The third-order valence-electron chi connectivity index (χ3n) is 2.66. The molecule has 0 amide bonds. The number of unbranched alkanes of at least 4 members (excludes halogenated alkanes) is 1. The molecular formula is C11H25NO. The van der Waals surface area contributed by atoms with Crippen molar-refractivity contribution in [1.82, 2.24) is 5.32 Å². The number of rotatable bonds is 8. The summed E-state index contributed by atoms with van der Waals surface area (Å²) < 4.78 is 0. The quantitative estimate of drug-likeness (QED) is 0.610. The van der Waals surface area contributed by atoms with E-state index in [2.05, 4.69) is 26.1 Å². The van der Waals surface area contributed by atoms with Crippen LogP contribution in [0.3, 0.4) is 0 Å². The fourth-order valence-electron chi connectivity index (χ4n) is 1.73. The molecule has 0 aliphatic carbocycles. The van der Waals surface area contributed by atoms with E-state index in [1.807, 2.05) is 0 Å². The highest BCUT2D eigenvalue weighted by Crippen LogP contribution is 2.14. The van der Waals surface area contributed by atoms with Crippen LogP contribution in [0.2, 0.25) is 0 Å². The van der Waals surface area contributed by atoms with E-state index in [0.717, 1.165) is 18.9 Å². The highest BCUT2D eigenvalue weighted by molar-refractivity contribution is 4.71. The second kappa shape index (κ2) is 8.52. The zero-order valence-corrected chi connectivity index (χ0v) is 9.34. The zero-order valence-electron chi connectivity index (χ0n) is 9.34. The SMILES string of the molecule is CCCCC(C)C(CC)NCCO. The van der Waals surface area contributed by atoms with Crippen LogP contribution in [0.4, 0.5) is 0 Å². The van der Waals surface area contributed by atoms with Crippen LogP contribution in [0.25, 0.3) is 0 Å². The van der Waals surface area contributed by atoms with Crippen molar-refractivity contribution in [1.29, 1.82) is 0 Å². The van der Waals surface area contributed by atoms with Crippen LogP contribution in [0.1, 0.15) is 46.5 Å². The maximum Gasteiger partial charge on any atom is 0.0556 e. The monoisotopic (exact) mass is 187 g/mol. The van der Waals surface area contributed by atoms with E-state index >= 15 is 0 Å². The van der Waals surface area contributed by atoms with Crippen molar-refractivity contribution in [3.05, 3.63) is 0 Å². The Morgan fingerprint density at radius 2 is 2.00 bits per heavy atom. The number of hydrogen-bond donors (Lipinski definition) is 2. The normalized spacial score (nSPS) is 15.7. The van der Waals surface area contributed by atoms with Gasteiger partial charge in [-0.15, -0.1) is 0 Å². The van der Waals surface area contributed by atoms with Gasteiger partial charge in [0, 0.05) is 12.6 Å². The Labute approximate surface area is 82.7 Å². The highest BCUT2D eigenvalue weighted by atomic mass is 16.3. The first kappa shape index (κ1) is 12.9. The number of aliphatic hydroxyl groups excluding tert-OH is 1. The van der Waals surface area contributed by atoms with Crippen molar-refractivity contribution in [2.45, 2.75) is 52.5 Å². The third-order valence-corrected chi connectivity index (χ3v) is 2.66. The fourth-order valence-corrected chi connectivity index (χ4v) is 1.73. The molecule has 0 saturated carbocycles. The van der Waals surface area contributed by atoms with Crippen LogP contribution in [0.15, 0.2) is 0 Å². The van der Waals surface area contributed by atoms with Crippen molar-refractivity contribution in [2.24, 2.45) is 5.92 Å². The van der Waals surface area contributed by atoms with E-state index < -0.39 is 0 Å². The summed E-state index contributed by atoms with van der Waals surface area (Å²) >= 11 is 0. The van der Waals surface area contributed by atoms with Crippen molar-refractivity contribution in [3.8, 4) is 0 Å². The summed E-state index contributed by atoms with van der Waals surface area (Å²) in [6.45, 7) is 7.71. The minimum Gasteiger partial charge on any atom is -0.395 e. The minimum atomic E-state index is 0.247. The van der Waals surface area contributed by atoms with E-state index in [1.54, 1.807) is 0 Å². The van der Waals surface area contributed by atoms with E-state index in [0.29, 0.717) is 6.04 Å². The molecule has 0 aliphatic rings. The van der Waals surface area contributed by atoms with Gasteiger partial charge in [-0.25, -0.2) is 0 Å². The van der Waals surface area contributed by atoms with E-state index in [1.165, 1.54) is 19.3 Å². The lowest BCUT2D eigenvalue weighted by molar-refractivity contribution is 0.263. The van der Waals surface area contributed by atoms with Crippen molar-refractivity contribution in [2.75, 3.05) is 13.2 Å². The van der Waals surface area contributed by atoms with Gasteiger partial charge >= 0.3 is 0 Å². The summed E-state index contributed by atoms with van der Waals surface area (Å²) in [5, 5.41) is 12.1. The predicted molar refractivity (Wildman–Crippen MR) is 57.9 cm³/mol. The van der Waals surface area contributed by atoms with Gasteiger partial charge < -0.3 is 10.4 Å². The molecule has 0 bridgehead atoms. The Morgan fingerprint density at radius 3 is 2.46 bits per heavy atom. The second-order valence-electron chi connectivity index (χ2n) is 3.81. The summed E-state index contributed by atoms with van der Waals surface area (Å²) in [4.78, 5) is 0. The van der Waals surface area contributed by atoms with Gasteiger partial charge in [-0.05, 0) is 18.8 Å². The molecule has 0 aromatic carbocycles. The number of aliphatic hydroxyl groups is 1. The first-order chi connectivity index (χ1) is 6.26. The summed E-state index contributed by atoms with van der Waals surface area (Å²) in [6.07, 6.45) is 5.05. The maximum absolute atomic E-state index is 8.71. The van der Waals surface area contributed by atoms with E-state index in [4.69, 9.17) is 5.11 Å². The molecule has 80 valence electrons. The van der Waals surface area contributed by atoms with Gasteiger partial charge in [0.05, 0.1) is 6.61 Å². The molecule has 0 spiro atoms. The number of hydrogen-bond acceptors (Lipinski definition) is 2. The predicted octanol–water partition coefficient (Wildman–Crippen LogP) is 2.17. The third kappa shape index (κ3) is 6.05. The molecule has 0 saturated heterocycles. The Balaban J connectivity index is 3.63.